The predicted octanol–water partition coefficient (Wildman–Crippen LogP) is 6.48. The van der Waals surface area contributed by atoms with Crippen LogP contribution in [-0.4, -0.2) is 43.2 Å². The third kappa shape index (κ3) is 4.16. The van der Waals surface area contributed by atoms with Gasteiger partial charge in [0.2, 0.25) is 0 Å². The fraction of sp³-hybridized carbons (Fsp3) is 0.440. The Morgan fingerprint density at radius 2 is 1.91 bits per heavy atom. The van der Waals surface area contributed by atoms with Gasteiger partial charge in [0.05, 0.1) is 22.7 Å². The van der Waals surface area contributed by atoms with Gasteiger partial charge < -0.3 is 19.5 Å². The summed E-state index contributed by atoms with van der Waals surface area (Å²) in [5.74, 6) is 0.662. The number of nitrogens with one attached hydrogen (secondary N) is 1. The van der Waals surface area contributed by atoms with Crippen molar-refractivity contribution in [3.63, 3.8) is 0 Å². The zero-order valence-corrected chi connectivity index (χ0v) is 20.2. The predicted molar refractivity (Wildman–Crippen MR) is 132 cm³/mol. The standard InChI is InChI=1S/C25H27ClN6O2/c1-25(2,3)34-24(33)32-16-6-7-17(32)13-18(12-16)31-10-9-19-22(28-14-29-23(19)31)30-21-8-5-15(27-4)11-20(21)26/h5,8-11,14,16-18H,6-7,12-13H2,1-3H3,(H,28,29,30). The molecule has 1 N–H and O–H groups in total. The maximum absolute atomic E-state index is 12.8. The van der Waals surface area contributed by atoms with Gasteiger partial charge in [-0.1, -0.05) is 17.7 Å². The van der Waals surface area contributed by atoms with E-state index in [9.17, 15) is 4.79 Å². The summed E-state index contributed by atoms with van der Waals surface area (Å²) in [6, 6.07) is 7.75. The van der Waals surface area contributed by atoms with Gasteiger partial charge in [0, 0.05) is 24.3 Å². The molecule has 34 heavy (non-hydrogen) atoms. The first-order chi connectivity index (χ1) is 16.2. The number of hydrogen-bond donors (Lipinski definition) is 1. The van der Waals surface area contributed by atoms with Crippen molar-refractivity contribution >= 4 is 45.9 Å². The van der Waals surface area contributed by atoms with Crippen LogP contribution in [0.3, 0.4) is 0 Å². The molecule has 0 aliphatic carbocycles. The summed E-state index contributed by atoms with van der Waals surface area (Å²) in [7, 11) is 0. The lowest BCUT2D eigenvalue weighted by Gasteiger charge is -2.40. The molecule has 1 amide bonds. The molecule has 1 aromatic carbocycles. The van der Waals surface area contributed by atoms with Crippen LogP contribution in [0.4, 0.5) is 22.0 Å². The van der Waals surface area contributed by atoms with Crippen molar-refractivity contribution in [1.82, 2.24) is 19.4 Å². The molecule has 2 aliphatic heterocycles. The molecule has 3 aromatic rings. The van der Waals surface area contributed by atoms with Crippen molar-refractivity contribution in [3.8, 4) is 0 Å². The van der Waals surface area contributed by atoms with Crippen LogP contribution in [0.1, 0.15) is 52.5 Å². The number of ether oxygens (including phenoxy) is 1. The topological polar surface area (TPSA) is 76.6 Å². The molecular formula is C25H27ClN6O2. The Bertz CT molecular complexity index is 1280. The molecular weight excluding hydrogens is 452 g/mol. The summed E-state index contributed by atoms with van der Waals surface area (Å²) in [4.78, 5) is 27.2. The molecule has 2 bridgehead atoms. The lowest BCUT2D eigenvalue weighted by Crippen LogP contribution is -2.48. The van der Waals surface area contributed by atoms with E-state index in [-0.39, 0.29) is 24.2 Å². The molecule has 8 nitrogen and oxygen atoms in total. The minimum absolute atomic E-state index is 0.176. The number of piperidine rings is 1. The first kappa shape index (κ1) is 22.5. The molecule has 176 valence electrons. The van der Waals surface area contributed by atoms with Crippen molar-refractivity contribution in [2.24, 2.45) is 0 Å². The van der Waals surface area contributed by atoms with Gasteiger partial charge in [-0.15, -0.1) is 0 Å². The molecule has 2 aromatic heterocycles. The van der Waals surface area contributed by atoms with Gasteiger partial charge in [-0.05, 0) is 64.7 Å². The summed E-state index contributed by atoms with van der Waals surface area (Å²) in [6.07, 6.45) is 7.15. The fourth-order valence-corrected chi connectivity index (χ4v) is 5.38. The fourth-order valence-electron chi connectivity index (χ4n) is 5.16. The smallest absolute Gasteiger partial charge is 0.410 e. The molecule has 4 heterocycles. The minimum Gasteiger partial charge on any atom is -0.444 e. The van der Waals surface area contributed by atoms with Gasteiger partial charge in [0.25, 0.3) is 0 Å². The second-order valence-electron chi connectivity index (χ2n) is 9.98. The number of benzene rings is 1. The van der Waals surface area contributed by atoms with E-state index in [2.05, 4.69) is 30.9 Å². The number of fused-ring (bicyclic) bond motifs is 3. The lowest BCUT2D eigenvalue weighted by atomic mass is 9.97. The van der Waals surface area contributed by atoms with Crippen LogP contribution in [0.2, 0.25) is 5.02 Å². The van der Waals surface area contributed by atoms with Crippen molar-refractivity contribution < 1.29 is 9.53 Å². The Labute approximate surface area is 203 Å². The number of aromatic nitrogens is 3. The van der Waals surface area contributed by atoms with Crippen molar-refractivity contribution in [1.29, 1.82) is 0 Å². The van der Waals surface area contributed by atoms with Crippen molar-refractivity contribution in [2.75, 3.05) is 5.32 Å². The zero-order valence-electron chi connectivity index (χ0n) is 19.5. The SMILES string of the molecule is [C-]#[N+]c1ccc(Nc2ncnc3c2ccn3C2CC3CCC(C2)N3C(=O)OC(C)(C)C)c(Cl)c1. The Hall–Kier alpha value is -3.31. The first-order valence-electron chi connectivity index (χ1n) is 11.5. The highest BCUT2D eigenvalue weighted by molar-refractivity contribution is 6.33. The summed E-state index contributed by atoms with van der Waals surface area (Å²) in [6.45, 7) is 12.9. The monoisotopic (exact) mass is 478 g/mol. The average molecular weight is 479 g/mol. The molecule has 0 spiro atoms. The van der Waals surface area contributed by atoms with Crippen LogP contribution in [0.5, 0.6) is 0 Å². The molecule has 9 heteroatoms. The number of rotatable bonds is 3. The largest absolute Gasteiger partial charge is 0.444 e. The van der Waals surface area contributed by atoms with E-state index < -0.39 is 5.60 Å². The average Bonchev–Trinajstić information content (AvgIpc) is 3.33. The lowest BCUT2D eigenvalue weighted by molar-refractivity contribution is 0.00314. The normalized spacial score (nSPS) is 22.0. The van der Waals surface area contributed by atoms with Crippen LogP contribution in [-0.2, 0) is 4.74 Å². The van der Waals surface area contributed by atoms with Gasteiger partial charge >= 0.3 is 6.09 Å². The van der Waals surface area contributed by atoms with Gasteiger partial charge in [-0.2, -0.15) is 0 Å². The number of halogens is 1. The van der Waals surface area contributed by atoms with E-state index >= 15 is 0 Å². The van der Waals surface area contributed by atoms with E-state index in [1.54, 1.807) is 24.5 Å². The van der Waals surface area contributed by atoms with Crippen LogP contribution in [0, 0.1) is 6.57 Å². The third-order valence-electron chi connectivity index (χ3n) is 6.55. The highest BCUT2D eigenvalue weighted by Crippen LogP contribution is 2.43. The van der Waals surface area contributed by atoms with Crippen LogP contribution in [0.15, 0.2) is 36.8 Å². The Balaban J connectivity index is 1.38. The molecule has 2 saturated heterocycles. The van der Waals surface area contributed by atoms with Gasteiger partial charge in [0.15, 0.2) is 5.69 Å². The van der Waals surface area contributed by atoms with Crippen LogP contribution in [0.25, 0.3) is 15.9 Å². The van der Waals surface area contributed by atoms with E-state index in [1.165, 1.54) is 0 Å². The zero-order chi connectivity index (χ0) is 24.0. The molecule has 0 saturated carbocycles. The minimum atomic E-state index is -0.497. The number of carbonyl (C=O) groups excluding carboxylic acids is 1. The van der Waals surface area contributed by atoms with Crippen LogP contribution < -0.4 is 5.32 Å². The second-order valence-corrected chi connectivity index (χ2v) is 10.4. The first-order valence-corrected chi connectivity index (χ1v) is 11.9. The highest BCUT2D eigenvalue weighted by Gasteiger charge is 2.45. The van der Waals surface area contributed by atoms with E-state index in [4.69, 9.17) is 22.9 Å². The Kier molecular flexibility index (Phi) is 5.61. The van der Waals surface area contributed by atoms with Crippen LogP contribution >= 0.6 is 11.6 Å². The van der Waals surface area contributed by atoms with E-state index in [0.717, 1.165) is 36.7 Å². The number of nitrogens with zero attached hydrogens (tertiary/aromatic N) is 5. The van der Waals surface area contributed by atoms with Gasteiger partial charge in [-0.25, -0.2) is 19.6 Å². The molecule has 2 atom stereocenters. The molecule has 2 fully saturated rings. The maximum Gasteiger partial charge on any atom is 0.410 e. The van der Waals surface area contributed by atoms with E-state index in [1.807, 2.05) is 31.7 Å². The summed E-state index contributed by atoms with van der Waals surface area (Å²) in [5, 5.41) is 4.65. The van der Waals surface area contributed by atoms with E-state index in [0.29, 0.717) is 22.2 Å². The van der Waals surface area contributed by atoms with Crippen molar-refractivity contribution in [3.05, 3.63) is 53.2 Å². The summed E-state index contributed by atoms with van der Waals surface area (Å²) < 4.78 is 7.89. The summed E-state index contributed by atoms with van der Waals surface area (Å²) in [5.41, 5.74) is 1.53. The Morgan fingerprint density at radius 1 is 1.18 bits per heavy atom. The second kappa shape index (κ2) is 8.48. The number of carbonyl (C=O) groups is 1. The molecule has 5 rings (SSSR count). The Morgan fingerprint density at radius 3 is 2.56 bits per heavy atom. The quantitative estimate of drug-likeness (QED) is 0.436. The molecule has 2 unspecified atom stereocenters. The number of hydrogen-bond acceptors (Lipinski definition) is 5. The highest BCUT2D eigenvalue weighted by atomic mass is 35.5. The molecule has 2 aliphatic rings. The van der Waals surface area contributed by atoms with Crippen molar-refractivity contribution in [2.45, 2.75) is 70.2 Å². The summed E-state index contributed by atoms with van der Waals surface area (Å²) >= 11 is 6.36. The third-order valence-corrected chi connectivity index (χ3v) is 6.86. The van der Waals surface area contributed by atoms with Gasteiger partial charge in [-0.3, -0.25) is 0 Å². The molecule has 0 radical (unpaired) electrons. The number of amides is 1. The maximum atomic E-state index is 12.8. The van der Waals surface area contributed by atoms with Gasteiger partial charge in [0.1, 0.15) is 23.4 Å². The number of anilines is 2.